The number of hydrogen-bond donors (Lipinski definition) is 0. The summed E-state index contributed by atoms with van der Waals surface area (Å²) in [6.07, 6.45) is 0. The molecule has 0 saturated carbocycles. The molecule has 2 bridgehead atoms. The lowest BCUT2D eigenvalue weighted by atomic mass is 9.61. The predicted molar refractivity (Wildman–Crippen MR) is 130 cm³/mol. The van der Waals surface area contributed by atoms with Gasteiger partial charge in [0.05, 0.1) is 4.75 Å². The molecule has 0 spiro atoms. The third kappa shape index (κ3) is 2.00. The fourth-order valence-corrected chi connectivity index (χ4v) is 9.66. The Morgan fingerprint density at radius 2 is 1.12 bits per heavy atom. The molecule has 3 heterocycles. The van der Waals surface area contributed by atoms with Crippen LogP contribution in [0.2, 0.25) is 0 Å². The van der Waals surface area contributed by atoms with Crippen molar-refractivity contribution in [2.24, 2.45) is 5.92 Å². The number of hydrogen-bond acceptors (Lipinski definition) is 3. The van der Waals surface area contributed by atoms with Gasteiger partial charge in [-0.25, -0.2) is 8.42 Å². The van der Waals surface area contributed by atoms with E-state index in [1.165, 1.54) is 0 Å². The van der Waals surface area contributed by atoms with Crippen molar-refractivity contribution in [3.8, 4) is 0 Å². The zero-order chi connectivity index (χ0) is 22.6. The molecular formula is C29H24O3S. The SMILES string of the molecule is CC1(C)[C@H]2[C@H]([C@@]3(c4ccccc4)O[C@@]2(c2ccccc2)c2cc4ccccc4cc23)S1(=O)=O. The Morgan fingerprint density at radius 1 is 0.667 bits per heavy atom. The minimum atomic E-state index is -3.44. The first-order chi connectivity index (χ1) is 15.8. The first-order valence-electron chi connectivity index (χ1n) is 11.4. The summed E-state index contributed by atoms with van der Waals surface area (Å²) in [5.41, 5.74) is 2.16. The second kappa shape index (κ2) is 5.94. The Morgan fingerprint density at radius 3 is 1.67 bits per heavy atom. The van der Waals surface area contributed by atoms with E-state index >= 15 is 0 Å². The van der Waals surface area contributed by atoms with Crippen molar-refractivity contribution < 1.29 is 13.2 Å². The molecule has 4 atom stereocenters. The minimum Gasteiger partial charge on any atom is -0.348 e. The number of benzene rings is 4. The summed E-state index contributed by atoms with van der Waals surface area (Å²) in [5, 5.41) is 1.61. The van der Waals surface area contributed by atoms with Crippen molar-refractivity contribution in [3.63, 3.8) is 0 Å². The molecule has 3 nitrogen and oxygen atoms in total. The minimum absolute atomic E-state index is 0.189. The average molecular weight is 453 g/mol. The summed E-state index contributed by atoms with van der Waals surface area (Å²) < 4.78 is 34.1. The van der Waals surface area contributed by atoms with Gasteiger partial charge in [-0.05, 0) is 59.0 Å². The van der Waals surface area contributed by atoms with Crippen molar-refractivity contribution in [1.29, 1.82) is 0 Å². The van der Waals surface area contributed by atoms with E-state index in [0.717, 1.165) is 33.0 Å². The second-order valence-corrected chi connectivity index (χ2v) is 12.7. The van der Waals surface area contributed by atoms with Crippen molar-refractivity contribution in [3.05, 3.63) is 119 Å². The molecule has 0 amide bonds. The van der Waals surface area contributed by atoms with Crippen molar-refractivity contribution in [1.82, 2.24) is 0 Å². The molecule has 0 radical (unpaired) electrons. The van der Waals surface area contributed by atoms with E-state index < -0.39 is 31.0 Å². The topological polar surface area (TPSA) is 43.4 Å². The van der Waals surface area contributed by atoms with Crippen LogP contribution in [0.4, 0.5) is 0 Å². The van der Waals surface area contributed by atoms with Gasteiger partial charge in [0.1, 0.15) is 16.5 Å². The highest BCUT2D eigenvalue weighted by molar-refractivity contribution is 7.95. The second-order valence-electron chi connectivity index (χ2n) is 10.1. The first-order valence-corrected chi connectivity index (χ1v) is 13.0. The quantitative estimate of drug-likeness (QED) is 0.400. The number of rotatable bonds is 2. The van der Waals surface area contributed by atoms with E-state index in [4.69, 9.17) is 4.74 Å². The van der Waals surface area contributed by atoms with Gasteiger partial charge < -0.3 is 4.74 Å². The molecule has 33 heavy (non-hydrogen) atoms. The van der Waals surface area contributed by atoms with Gasteiger partial charge >= 0.3 is 0 Å². The molecule has 0 aromatic heterocycles. The monoisotopic (exact) mass is 452 g/mol. The maximum Gasteiger partial charge on any atom is 0.162 e. The predicted octanol–water partition coefficient (Wildman–Crippen LogP) is 5.56. The molecule has 4 aromatic carbocycles. The van der Waals surface area contributed by atoms with E-state index in [1.54, 1.807) is 0 Å². The molecule has 0 N–H and O–H groups in total. The number of ether oxygens (including phenoxy) is 1. The van der Waals surface area contributed by atoms with E-state index in [2.05, 4.69) is 36.4 Å². The number of sulfone groups is 1. The van der Waals surface area contributed by atoms with Crippen molar-refractivity contribution in [2.75, 3.05) is 0 Å². The lowest BCUT2D eigenvalue weighted by molar-refractivity contribution is -0.0516. The van der Waals surface area contributed by atoms with E-state index in [0.29, 0.717) is 0 Å². The van der Waals surface area contributed by atoms with Crippen LogP contribution in [-0.4, -0.2) is 18.4 Å². The third-order valence-corrected chi connectivity index (χ3v) is 11.4. The summed E-state index contributed by atoms with van der Waals surface area (Å²) in [4.78, 5) is 0. The Balaban J connectivity index is 1.67. The van der Waals surface area contributed by atoms with Gasteiger partial charge in [-0.3, -0.25) is 0 Å². The smallest absolute Gasteiger partial charge is 0.162 e. The van der Waals surface area contributed by atoms with Crippen molar-refractivity contribution in [2.45, 2.75) is 35.0 Å². The highest BCUT2D eigenvalue weighted by Crippen LogP contribution is 2.75. The zero-order valence-corrected chi connectivity index (χ0v) is 19.3. The Hall–Kier alpha value is -2.95. The molecule has 164 valence electrons. The highest BCUT2D eigenvalue weighted by Gasteiger charge is 2.85. The van der Waals surface area contributed by atoms with E-state index in [1.807, 2.05) is 74.5 Å². The van der Waals surface area contributed by atoms with Gasteiger partial charge in [0.2, 0.25) is 0 Å². The Labute approximate surface area is 194 Å². The summed E-state index contributed by atoms with van der Waals surface area (Å²) in [6.45, 7) is 3.75. The maximum absolute atomic E-state index is 13.9. The lowest BCUT2D eigenvalue weighted by Gasteiger charge is -2.56. The van der Waals surface area contributed by atoms with Gasteiger partial charge in [-0.2, -0.15) is 0 Å². The van der Waals surface area contributed by atoms with E-state index in [-0.39, 0.29) is 5.92 Å². The lowest BCUT2D eigenvalue weighted by Crippen LogP contribution is -2.70. The average Bonchev–Trinajstić information content (AvgIpc) is 3.33. The summed E-state index contributed by atoms with van der Waals surface area (Å²) in [6, 6.07) is 32.8. The van der Waals surface area contributed by atoms with Gasteiger partial charge in [-0.1, -0.05) is 84.9 Å². The van der Waals surface area contributed by atoms with Gasteiger partial charge in [0.15, 0.2) is 9.84 Å². The van der Waals surface area contributed by atoms with Crippen LogP contribution in [0, 0.1) is 5.92 Å². The summed E-state index contributed by atoms with van der Waals surface area (Å²) in [5.74, 6) is -0.189. The molecule has 3 aliphatic heterocycles. The highest BCUT2D eigenvalue weighted by atomic mass is 32.2. The van der Waals surface area contributed by atoms with Crippen LogP contribution in [0.3, 0.4) is 0 Å². The molecule has 4 heteroatoms. The molecule has 4 aromatic rings. The van der Waals surface area contributed by atoms with E-state index in [9.17, 15) is 8.42 Å². The van der Waals surface area contributed by atoms with Crippen LogP contribution < -0.4 is 0 Å². The Bertz CT molecular complexity index is 1540. The van der Waals surface area contributed by atoms with Crippen LogP contribution in [0.1, 0.15) is 36.1 Å². The van der Waals surface area contributed by atoms with Crippen LogP contribution in [0.25, 0.3) is 10.8 Å². The van der Waals surface area contributed by atoms with Crippen LogP contribution in [-0.2, 0) is 25.8 Å². The Kier molecular flexibility index (Phi) is 3.51. The fraction of sp³-hybridized carbons (Fsp3) is 0.241. The molecule has 3 aliphatic rings. The number of fused-ring (bicyclic) bond motifs is 9. The molecular weight excluding hydrogens is 428 g/mol. The third-order valence-electron chi connectivity index (χ3n) is 8.37. The molecule has 0 unspecified atom stereocenters. The largest absolute Gasteiger partial charge is 0.348 e. The van der Waals surface area contributed by atoms with Crippen LogP contribution in [0.15, 0.2) is 97.1 Å². The molecule has 2 fully saturated rings. The van der Waals surface area contributed by atoms with Crippen molar-refractivity contribution >= 4 is 20.6 Å². The van der Waals surface area contributed by atoms with Gasteiger partial charge in [0.25, 0.3) is 0 Å². The van der Waals surface area contributed by atoms with Crippen LogP contribution >= 0.6 is 0 Å². The normalized spacial score (nSPS) is 32.2. The van der Waals surface area contributed by atoms with Crippen LogP contribution in [0.5, 0.6) is 0 Å². The molecule has 0 aliphatic carbocycles. The van der Waals surface area contributed by atoms with Gasteiger partial charge in [-0.15, -0.1) is 0 Å². The zero-order valence-electron chi connectivity index (χ0n) is 18.5. The summed E-state index contributed by atoms with van der Waals surface area (Å²) in [7, 11) is -3.44. The van der Waals surface area contributed by atoms with Gasteiger partial charge in [0, 0.05) is 5.92 Å². The first kappa shape index (κ1) is 19.5. The summed E-state index contributed by atoms with van der Waals surface area (Å²) >= 11 is 0. The fourth-order valence-electron chi connectivity index (χ4n) is 6.94. The molecule has 2 saturated heterocycles. The standard InChI is InChI=1S/C29H24O3S/c1-27(2)25-26(33(27,30)31)29(22-15-7-4-8-16-22)24-18-20-12-10-9-11-19(20)17-23(24)28(25,32-29)21-13-5-3-6-14-21/h3-18,25-26H,1-2H3/t25-,26-,28+,29+/m1/s1. The molecule has 7 rings (SSSR count). The maximum atomic E-state index is 13.9.